The van der Waals surface area contributed by atoms with E-state index in [1.54, 1.807) is 36.5 Å². The van der Waals surface area contributed by atoms with E-state index in [4.69, 9.17) is 23.2 Å². The van der Waals surface area contributed by atoms with Gasteiger partial charge in [-0.1, -0.05) is 29.3 Å². The number of anilines is 1. The molecule has 3 amide bonds. The first-order chi connectivity index (χ1) is 11.1. The average Bonchev–Trinajstić information content (AvgIpc) is 2.55. The van der Waals surface area contributed by atoms with Crippen LogP contribution in [0.3, 0.4) is 0 Å². The molecule has 8 heteroatoms. The maximum Gasteiger partial charge on any atom is 0.320 e. The van der Waals surface area contributed by atoms with Crippen LogP contribution in [0.15, 0.2) is 42.6 Å². The predicted octanol–water partition coefficient (Wildman–Crippen LogP) is 2.94. The van der Waals surface area contributed by atoms with Crippen LogP contribution in [0, 0.1) is 0 Å². The largest absolute Gasteiger partial charge is 0.350 e. The van der Waals surface area contributed by atoms with Crippen LogP contribution in [0.2, 0.25) is 10.0 Å². The van der Waals surface area contributed by atoms with E-state index >= 15 is 0 Å². The maximum absolute atomic E-state index is 11.9. The number of pyridine rings is 1. The van der Waals surface area contributed by atoms with Crippen molar-refractivity contribution in [3.05, 3.63) is 58.2 Å². The third-order valence-electron chi connectivity index (χ3n) is 2.78. The van der Waals surface area contributed by atoms with Crippen molar-refractivity contribution in [2.75, 3.05) is 18.4 Å². The summed E-state index contributed by atoms with van der Waals surface area (Å²) in [4.78, 5) is 27.5. The molecule has 23 heavy (non-hydrogen) atoms. The summed E-state index contributed by atoms with van der Waals surface area (Å²) in [7, 11) is 0. The Morgan fingerprint density at radius 3 is 2.48 bits per heavy atom. The minimum atomic E-state index is -0.396. The zero-order chi connectivity index (χ0) is 16.7. The lowest BCUT2D eigenvalue weighted by atomic mass is 10.2. The Hall–Kier alpha value is -2.31. The summed E-state index contributed by atoms with van der Waals surface area (Å²) in [6.07, 6.45) is 1.58. The molecule has 0 saturated carbocycles. The summed E-state index contributed by atoms with van der Waals surface area (Å²) >= 11 is 11.6. The maximum atomic E-state index is 11.9. The first kappa shape index (κ1) is 17.1. The van der Waals surface area contributed by atoms with Crippen molar-refractivity contribution in [3.63, 3.8) is 0 Å². The van der Waals surface area contributed by atoms with E-state index in [1.807, 2.05) is 0 Å². The topological polar surface area (TPSA) is 83.1 Å². The summed E-state index contributed by atoms with van der Waals surface area (Å²) in [5.41, 5.74) is 0.400. The van der Waals surface area contributed by atoms with E-state index in [1.165, 1.54) is 6.07 Å². The Kier molecular flexibility index (Phi) is 6.19. The van der Waals surface area contributed by atoms with Gasteiger partial charge in [0.2, 0.25) is 0 Å². The fraction of sp³-hybridized carbons (Fsp3) is 0.133. The molecular formula is C15H14Cl2N4O2. The number of nitrogens with one attached hydrogen (secondary N) is 3. The second-order valence-electron chi connectivity index (χ2n) is 4.48. The number of rotatable bonds is 5. The molecule has 0 atom stereocenters. The lowest BCUT2D eigenvalue weighted by molar-refractivity contribution is 0.0954. The smallest absolute Gasteiger partial charge is 0.320 e. The highest BCUT2D eigenvalue weighted by molar-refractivity contribution is 6.42. The molecule has 1 aromatic heterocycles. The SMILES string of the molecule is O=C(NCCNC(=O)c1ccc(Cl)c(Cl)c1)Nc1ccccn1. The molecule has 0 aliphatic rings. The molecule has 120 valence electrons. The number of hydrogen-bond acceptors (Lipinski definition) is 3. The highest BCUT2D eigenvalue weighted by atomic mass is 35.5. The lowest BCUT2D eigenvalue weighted by Crippen LogP contribution is -2.36. The Bertz CT molecular complexity index is 695. The molecule has 0 unspecified atom stereocenters. The lowest BCUT2D eigenvalue weighted by Gasteiger charge is -2.08. The standard InChI is InChI=1S/C15H14Cl2N4O2/c16-11-5-4-10(9-12(11)17)14(22)19-7-8-20-15(23)21-13-3-1-2-6-18-13/h1-6,9H,7-8H2,(H,19,22)(H2,18,20,21,23). The van der Waals surface area contributed by atoms with Crippen molar-refractivity contribution in [1.29, 1.82) is 0 Å². The number of carbonyl (C=O) groups is 2. The first-order valence-corrected chi connectivity index (χ1v) is 7.51. The quantitative estimate of drug-likeness (QED) is 0.723. The number of nitrogens with zero attached hydrogens (tertiary/aromatic N) is 1. The van der Waals surface area contributed by atoms with Crippen LogP contribution >= 0.6 is 23.2 Å². The predicted molar refractivity (Wildman–Crippen MR) is 90.1 cm³/mol. The van der Waals surface area contributed by atoms with Crippen LogP contribution in [0.5, 0.6) is 0 Å². The van der Waals surface area contributed by atoms with Crippen molar-refractivity contribution >= 4 is 41.0 Å². The Balaban J connectivity index is 1.71. The molecule has 2 aromatic rings. The van der Waals surface area contributed by atoms with Gasteiger partial charge in [-0.25, -0.2) is 9.78 Å². The molecule has 0 aliphatic heterocycles. The molecule has 3 N–H and O–H groups in total. The van der Waals surface area contributed by atoms with Gasteiger partial charge in [0.1, 0.15) is 5.82 Å². The number of amides is 3. The van der Waals surface area contributed by atoms with Crippen LogP contribution in [-0.2, 0) is 0 Å². The molecule has 0 aliphatic carbocycles. The normalized spacial score (nSPS) is 10.0. The number of carbonyl (C=O) groups excluding carboxylic acids is 2. The van der Waals surface area contributed by atoms with Crippen molar-refractivity contribution in [1.82, 2.24) is 15.6 Å². The van der Waals surface area contributed by atoms with E-state index in [9.17, 15) is 9.59 Å². The van der Waals surface area contributed by atoms with E-state index in [-0.39, 0.29) is 19.0 Å². The number of urea groups is 1. The number of halogens is 2. The third kappa shape index (κ3) is 5.43. The van der Waals surface area contributed by atoms with E-state index in [2.05, 4.69) is 20.9 Å². The van der Waals surface area contributed by atoms with Crippen LogP contribution < -0.4 is 16.0 Å². The molecule has 6 nitrogen and oxygen atoms in total. The number of hydrogen-bond donors (Lipinski definition) is 3. The minimum absolute atomic E-state index is 0.270. The fourth-order valence-corrected chi connectivity index (χ4v) is 1.99. The van der Waals surface area contributed by atoms with Gasteiger partial charge in [-0.2, -0.15) is 0 Å². The summed E-state index contributed by atoms with van der Waals surface area (Å²) in [5, 5.41) is 8.54. The highest BCUT2D eigenvalue weighted by Crippen LogP contribution is 2.22. The van der Waals surface area contributed by atoms with Gasteiger partial charge in [-0.15, -0.1) is 0 Å². The minimum Gasteiger partial charge on any atom is -0.350 e. The fourth-order valence-electron chi connectivity index (χ4n) is 1.69. The second kappa shape index (κ2) is 8.36. The third-order valence-corrected chi connectivity index (χ3v) is 3.52. The van der Waals surface area contributed by atoms with Crippen LogP contribution in [0.4, 0.5) is 10.6 Å². The zero-order valence-electron chi connectivity index (χ0n) is 12.0. The summed E-state index contributed by atoms with van der Waals surface area (Å²) in [6.45, 7) is 0.542. The molecule has 0 spiro atoms. The van der Waals surface area contributed by atoms with Crippen molar-refractivity contribution < 1.29 is 9.59 Å². The molecule has 2 rings (SSSR count). The van der Waals surface area contributed by atoms with E-state index in [0.29, 0.717) is 21.4 Å². The van der Waals surface area contributed by atoms with Crippen molar-refractivity contribution in [2.45, 2.75) is 0 Å². The number of benzene rings is 1. The summed E-state index contributed by atoms with van der Waals surface area (Å²) < 4.78 is 0. The highest BCUT2D eigenvalue weighted by Gasteiger charge is 2.08. The van der Waals surface area contributed by atoms with E-state index < -0.39 is 6.03 Å². The van der Waals surface area contributed by atoms with Crippen LogP contribution in [-0.4, -0.2) is 30.0 Å². The molecule has 0 saturated heterocycles. The zero-order valence-corrected chi connectivity index (χ0v) is 13.5. The van der Waals surface area contributed by atoms with Gasteiger partial charge >= 0.3 is 6.03 Å². The van der Waals surface area contributed by atoms with E-state index in [0.717, 1.165) is 0 Å². The number of aromatic nitrogens is 1. The molecule has 0 bridgehead atoms. The summed E-state index contributed by atoms with van der Waals surface area (Å²) in [6, 6.07) is 9.41. The Morgan fingerprint density at radius 1 is 1.00 bits per heavy atom. The van der Waals surface area contributed by atoms with Gasteiger partial charge in [0.15, 0.2) is 0 Å². The Morgan fingerprint density at radius 2 is 1.78 bits per heavy atom. The molecule has 1 aromatic carbocycles. The van der Waals surface area contributed by atoms with Gasteiger partial charge in [0.25, 0.3) is 5.91 Å². The average molecular weight is 353 g/mol. The first-order valence-electron chi connectivity index (χ1n) is 6.75. The Labute approximate surface area is 143 Å². The molecule has 1 heterocycles. The second-order valence-corrected chi connectivity index (χ2v) is 5.30. The van der Waals surface area contributed by atoms with Gasteiger partial charge in [0, 0.05) is 24.8 Å². The van der Waals surface area contributed by atoms with Crippen LogP contribution in [0.25, 0.3) is 0 Å². The van der Waals surface area contributed by atoms with Crippen molar-refractivity contribution in [2.24, 2.45) is 0 Å². The van der Waals surface area contributed by atoms with Gasteiger partial charge in [-0.3, -0.25) is 10.1 Å². The van der Waals surface area contributed by atoms with Gasteiger partial charge < -0.3 is 10.6 Å². The van der Waals surface area contributed by atoms with Gasteiger partial charge in [0.05, 0.1) is 10.0 Å². The monoisotopic (exact) mass is 352 g/mol. The summed E-state index contributed by atoms with van der Waals surface area (Å²) in [5.74, 6) is 0.153. The van der Waals surface area contributed by atoms with Gasteiger partial charge in [-0.05, 0) is 30.3 Å². The molecule has 0 radical (unpaired) electrons. The molecular weight excluding hydrogens is 339 g/mol. The van der Waals surface area contributed by atoms with Crippen molar-refractivity contribution in [3.8, 4) is 0 Å². The van der Waals surface area contributed by atoms with Crippen LogP contribution in [0.1, 0.15) is 10.4 Å². The molecule has 0 fully saturated rings.